The third kappa shape index (κ3) is 6.21. The van der Waals surface area contributed by atoms with E-state index in [9.17, 15) is 4.79 Å². The lowest BCUT2D eigenvalue weighted by Crippen LogP contribution is -2.37. The molecule has 1 fully saturated rings. The van der Waals surface area contributed by atoms with E-state index in [-0.39, 0.29) is 11.3 Å². The highest BCUT2D eigenvalue weighted by Crippen LogP contribution is 2.45. The fraction of sp³-hybridized carbons (Fsp3) is 0.750. The number of hydrogen-bond donors (Lipinski definition) is 1. The van der Waals surface area contributed by atoms with Gasteiger partial charge in [-0.2, -0.15) is 0 Å². The highest BCUT2D eigenvalue weighted by molar-refractivity contribution is 5.87. The van der Waals surface area contributed by atoms with Crippen LogP contribution >= 0.6 is 0 Å². The van der Waals surface area contributed by atoms with Crippen LogP contribution in [-0.4, -0.2) is 15.9 Å². The monoisotopic (exact) mass is 335 g/mol. The van der Waals surface area contributed by atoms with Crippen LogP contribution in [0.2, 0.25) is 0 Å². The summed E-state index contributed by atoms with van der Waals surface area (Å²) in [7, 11) is 0. The lowest BCUT2D eigenvalue weighted by molar-refractivity contribution is -0.114. The summed E-state index contributed by atoms with van der Waals surface area (Å²) in [4.78, 5) is 20.3. The molecule has 0 saturated heterocycles. The van der Waals surface area contributed by atoms with E-state index in [4.69, 9.17) is 0 Å². The third-order valence-corrected chi connectivity index (χ3v) is 4.39. The van der Waals surface area contributed by atoms with E-state index < -0.39 is 0 Å². The third-order valence-electron chi connectivity index (χ3n) is 4.39. The Labute approximate surface area is 148 Å². The SMILES string of the molecule is CC.CC.CCC1(c2nccc(NC(C)=O)n2)CC(C)CC(C)C1. The van der Waals surface area contributed by atoms with Gasteiger partial charge in [-0.1, -0.05) is 48.5 Å². The van der Waals surface area contributed by atoms with Gasteiger partial charge >= 0.3 is 0 Å². The Balaban J connectivity index is 0.00000123. The van der Waals surface area contributed by atoms with Crippen LogP contribution in [0.3, 0.4) is 0 Å². The molecule has 0 aliphatic heterocycles. The van der Waals surface area contributed by atoms with E-state index in [0.29, 0.717) is 17.7 Å². The van der Waals surface area contributed by atoms with E-state index in [0.717, 1.165) is 25.1 Å². The average molecular weight is 336 g/mol. The number of aromatic nitrogens is 2. The average Bonchev–Trinajstić information content (AvgIpc) is 2.57. The van der Waals surface area contributed by atoms with Gasteiger partial charge in [-0.3, -0.25) is 4.79 Å². The number of amides is 1. The quantitative estimate of drug-likeness (QED) is 0.783. The second-order valence-corrected chi connectivity index (χ2v) is 6.43. The Hall–Kier alpha value is -1.45. The van der Waals surface area contributed by atoms with Crippen LogP contribution in [0.4, 0.5) is 5.82 Å². The molecule has 2 rings (SSSR count). The van der Waals surface area contributed by atoms with Crippen molar-refractivity contribution in [3.05, 3.63) is 18.1 Å². The van der Waals surface area contributed by atoms with Crippen molar-refractivity contribution in [2.24, 2.45) is 11.8 Å². The summed E-state index contributed by atoms with van der Waals surface area (Å²) < 4.78 is 0. The highest BCUT2D eigenvalue weighted by Gasteiger charge is 2.40. The molecule has 2 unspecified atom stereocenters. The van der Waals surface area contributed by atoms with Crippen LogP contribution in [0, 0.1) is 11.8 Å². The molecule has 0 spiro atoms. The van der Waals surface area contributed by atoms with Gasteiger partial charge in [-0.25, -0.2) is 9.97 Å². The van der Waals surface area contributed by atoms with Gasteiger partial charge in [0, 0.05) is 18.5 Å². The first-order valence-electron chi connectivity index (χ1n) is 9.56. The number of rotatable bonds is 3. The molecule has 1 saturated carbocycles. The Morgan fingerprint density at radius 2 is 1.75 bits per heavy atom. The zero-order valence-corrected chi connectivity index (χ0v) is 16.9. The van der Waals surface area contributed by atoms with E-state index in [1.54, 1.807) is 12.3 Å². The van der Waals surface area contributed by atoms with Crippen LogP contribution in [0.5, 0.6) is 0 Å². The zero-order chi connectivity index (χ0) is 18.8. The minimum absolute atomic E-state index is 0.0611. The molecule has 1 aromatic heterocycles. The summed E-state index contributed by atoms with van der Waals surface area (Å²) >= 11 is 0. The van der Waals surface area contributed by atoms with Crippen LogP contribution in [0.15, 0.2) is 12.3 Å². The molecule has 4 heteroatoms. The minimum Gasteiger partial charge on any atom is -0.311 e. The van der Waals surface area contributed by atoms with Crippen LogP contribution in [0.25, 0.3) is 0 Å². The molecule has 2 atom stereocenters. The van der Waals surface area contributed by atoms with E-state index in [2.05, 4.69) is 36.1 Å². The fourth-order valence-corrected chi connectivity index (χ4v) is 3.76. The summed E-state index contributed by atoms with van der Waals surface area (Å²) in [5, 5.41) is 2.76. The predicted molar refractivity (Wildman–Crippen MR) is 103 cm³/mol. The molecule has 0 bridgehead atoms. The van der Waals surface area contributed by atoms with Crippen molar-refractivity contribution < 1.29 is 4.79 Å². The Kier molecular flexibility index (Phi) is 10.5. The normalized spacial score (nSPS) is 25.5. The second-order valence-electron chi connectivity index (χ2n) is 6.43. The summed E-state index contributed by atoms with van der Waals surface area (Å²) in [5.74, 6) is 2.81. The Morgan fingerprint density at radius 1 is 1.21 bits per heavy atom. The van der Waals surface area contributed by atoms with Gasteiger partial charge in [0.25, 0.3) is 0 Å². The summed E-state index contributed by atoms with van der Waals surface area (Å²) in [5.41, 5.74) is 0.0611. The Bertz CT molecular complexity index is 478. The molecule has 1 aliphatic rings. The Morgan fingerprint density at radius 3 is 2.21 bits per heavy atom. The van der Waals surface area contributed by atoms with Gasteiger partial charge in [-0.15, -0.1) is 0 Å². The zero-order valence-electron chi connectivity index (χ0n) is 16.9. The van der Waals surface area contributed by atoms with Crippen molar-refractivity contribution >= 4 is 11.7 Å². The standard InChI is InChI=1S/C16H25N3O.2C2H6/c1-5-16(9-11(2)8-12(3)10-16)15-17-7-6-14(19-15)18-13(4)20;2*1-2/h6-7,11-12H,5,8-10H2,1-4H3,(H,17,18,19,20);2*1-2H3. The molecule has 1 heterocycles. The van der Waals surface area contributed by atoms with E-state index in [1.165, 1.54) is 13.3 Å². The van der Waals surface area contributed by atoms with E-state index in [1.807, 2.05) is 27.7 Å². The molecule has 138 valence electrons. The maximum absolute atomic E-state index is 11.2. The molecule has 0 aromatic carbocycles. The number of hydrogen-bond acceptors (Lipinski definition) is 3. The first-order chi connectivity index (χ1) is 11.4. The summed E-state index contributed by atoms with van der Waals surface area (Å²) in [6, 6.07) is 1.75. The van der Waals surface area contributed by atoms with Crippen molar-refractivity contribution in [3.8, 4) is 0 Å². The van der Waals surface area contributed by atoms with E-state index >= 15 is 0 Å². The first kappa shape index (κ1) is 22.6. The summed E-state index contributed by atoms with van der Waals surface area (Å²) in [6.45, 7) is 16.4. The fourth-order valence-electron chi connectivity index (χ4n) is 3.76. The first-order valence-corrected chi connectivity index (χ1v) is 9.56. The molecule has 4 nitrogen and oxygen atoms in total. The number of carbonyl (C=O) groups excluding carboxylic acids is 1. The van der Waals surface area contributed by atoms with Crippen LogP contribution in [0.1, 0.15) is 86.9 Å². The van der Waals surface area contributed by atoms with Crippen molar-refractivity contribution in [1.82, 2.24) is 9.97 Å². The van der Waals surface area contributed by atoms with Crippen LogP contribution in [-0.2, 0) is 10.2 Å². The topological polar surface area (TPSA) is 54.9 Å². The molecule has 0 radical (unpaired) electrons. The molecule has 1 N–H and O–H groups in total. The van der Waals surface area contributed by atoms with Crippen molar-refractivity contribution in [2.75, 3.05) is 5.32 Å². The van der Waals surface area contributed by atoms with Gasteiger partial charge in [0.05, 0.1) is 0 Å². The maximum atomic E-state index is 11.2. The smallest absolute Gasteiger partial charge is 0.222 e. The number of anilines is 1. The van der Waals surface area contributed by atoms with Crippen LogP contribution < -0.4 is 5.32 Å². The van der Waals surface area contributed by atoms with Gasteiger partial charge < -0.3 is 5.32 Å². The lowest BCUT2D eigenvalue weighted by atomic mass is 9.64. The second kappa shape index (κ2) is 11.2. The van der Waals surface area contributed by atoms with Crippen molar-refractivity contribution in [2.45, 2.75) is 86.5 Å². The van der Waals surface area contributed by atoms with Gasteiger partial charge in [0.2, 0.25) is 5.91 Å². The van der Waals surface area contributed by atoms with Crippen molar-refractivity contribution in [3.63, 3.8) is 0 Å². The summed E-state index contributed by atoms with van der Waals surface area (Å²) in [6.07, 6.45) is 6.36. The lowest BCUT2D eigenvalue weighted by Gasteiger charge is -2.41. The molecular weight excluding hydrogens is 298 g/mol. The highest BCUT2D eigenvalue weighted by atomic mass is 16.1. The molecule has 1 aliphatic carbocycles. The number of carbonyl (C=O) groups is 1. The van der Waals surface area contributed by atoms with Crippen molar-refractivity contribution in [1.29, 1.82) is 0 Å². The van der Waals surface area contributed by atoms with Gasteiger partial charge in [-0.05, 0) is 43.6 Å². The van der Waals surface area contributed by atoms with Gasteiger partial charge in [0.15, 0.2) is 0 Å². The number of nitrogens with one attached hydrogen (secondary N) is 1. The largest absolute Gasteiger partial charge is 0.311 e. The molecule has 1 amide bonds. The minimum atomic E-state index is -0.0921. The number of nitrogens with zero attached hydrogens (tertiary/aromatic N) is 2. The maximum Gasteiger partial charge on any atom is 0.222 e. The molecular formula is C20H37N3O. The molecule has 1 aromatic rings. The predicted octanol–water partition coefficient (Wildman–Crippen LogP) is 5.59. The molecule has 24 heavy (non-hydrogen) atoms. The van der Waals surface area contributed by atoms with Gasteiger partial charge in [0.1, 0.15) is 11.6 Å².